The molecule has 0 unspecified atom stereocenters. The van der Waals surface area contributed by atoms with Gasteiger partial charge in [-0.25, -0.2) is 4.79 Å². The van der Waals surface area contributed by atoms with E-state index >= 15 is 0 Å². The molecule has 1 aromatic carbocycles. The first-order valence-corrected chi connectivity index (χ1v) is 8.19. The molecule has 25 heavy (non-hydrogen) atoms. The first-order chi connectivity index (χ1) is 11.7. The number of nitrogens with one attached hydrogen (secondary N) is 1. The van der Waals surface area contributed by atoms with Gasteiger partial charge in [0.2, 0.25) is 5.91 Å². The van der Waals surface area contributed by atoms with Crippen molar-refractivity contribution >= 4 is 24.5 Å². The highest BCUT2D eigenvalue weighted by molar-refractivity contribution is 6.62. The lowest BCUT2D eigenvalue weighted by molar-refractivity contribution is -0.116. The molecule has 1 saturated heterocycles. The van der Waals surface area contributed by atoms with Crippen molar-refractivity contribution in [3.63, 3.8) is 0 Å². The van der Waals surface area contributed by atoms with E-state index in [-0.39, 0.29) is 19.1 Å². The average Bonchev–Trinajstić information content (AvgIpc) is 2.79. The van der Waals surface area contributed by atoms with Gasteiger partial charge in [-0.2, -0.15) is 0 Å². The summed E-state index contributed by atoms with van der Waals surface area (Å²) in [4.78, 5) is 23.0. The summed E-state index contributed by atoms with van der Waals surface area (Å²) in [5.41, 5.74) is 0.444. The Labute approximate surface area is 148 Å². The number of carbonyl (C=O) groups is 2. The first kappa shape index (κ1) is 19.2. The molecule has 1 amide bonds. The van der Waals surface area contributed by atoms with E-state index in [4.69, 9.17) is 14.0 Å². The van der Waals surface area contributed by atoms with E-state index in [1.807, 2.05) is 27.7 Å². The van der Waals surface area contributed by atoms with Crippen molar-refractivity contribution < 1.29 is 23.6 Å². The van der Waals surface area contributed by atoms with Crippen LogP contribution < -0.4 is 10.8 Å². The van der Waals surface area contributed by atoms with Crippen molar-refractivity contribution in [3.8, 4) is 0 Å². The number of amides is 1. The van der Waals surface area contributed by atoms with Crippen molar-refractivity contribution in [2.24, 2.45) is 0 Å². The highest BCUT2D eigenvalue weighted by atomic mass is 16.7. The molecular formula is C18H24BNO5. The zero-order valence-corrected chi connectivity index (χ0v) is 15.1. The van der Waals surface area contributed by atoms with E-state index in [0.29, 0.717) is 5.56 Å². The maximum atomic E-state index is 12.0. The Hall–Kier alpha value is -2.12. The van der Waals surface area contributed by atoms with E-state index in [1.165, 1.54) is 0 Å². The summed E-state index contributed by atoms with van der Waals surface area (Å²) in [5, 5.41) is 2.53. The lowest BCUT2D eigenvalue weighted by atomic mass is 9.79. The van der Waals surface area contributed by atoms with Crippen LogP contribution in [0.3, 0.4) is 0 Å². The Morgan fingerprint density at radius 3 is 2.24 bits per heavy atom. The molecule has 0 bridgehead atoms. The van der Waals surface area contributed by atoms with Gasteiger partial charge in [-0.1, -0.05) is 18.7 Å². The van der Waals surface area contributed by atoms with Gasteiger partial charge >= 0.3 is 13.1 Å². The summed E-state index contributed by atoms with van der Waals surface area (Å²) in [6, 6.07) is 6.92. The summed E-state index contributed by atoms with van der Waals surface area (Å²) in [5.74, 6) is -0.754. The van der Waals surface area contributed by atoms with Crippen molar-refractivity contribution in [2.75, 3.05) is 13.2 Å². The fourth-order valence-corrected chi connectivity index (χ4v) is 2.23. The molecule has 6 nitrogen and oxygen atoms in total. The Bertz CT molecular complexity index is 638. The fourth-order valence-electron chi connectivity index (χ4n) is 2.23. The number of esters is 1. The fraction of sp³-hybridized carbons (Fsp3) is 0.444. The summed E-state index contributed by atoms with van der Waals surface area (Å²) < 4.78 is 17.1. The molecule has 1 N–H and O–H groups in total. The number of benzene rings is 1. The second-order valence-corrected chi connectivity index (χ2v) is 6.84. The summed E-state index contributed by atoms with van der Waals surface area (Å²) in [6.07, 6.45) is 1.16. The molecule has 2 rings (SSSR count). The van der Waals surface area contributed by atoms with Crippen LogP contribution in [0.25, 0.3) is 0 Å². The monoisotopic (exact) mass is 345 g/mol. The lowest BCUT2D eigenvalue weighted by Gasteiger charge is -2.32. The smallest absolute Gasteiger partial charge is 0.460 e. The molecule has 134 valence electrons. The van der Waals surface area contributed by atoms with Gasteiger partial charge in [0, 0.05) is 0 Å². The first-order valence-electron chi connectivity index (χ1n) is 8.19. The normalized spacial score (nSPS) is 17.8. The molecule has 0 spiro atoms. The number of carbonyl (C=O) groups excluding carboxylic acids is 2. The second kappa shape index (κ2) is 7.41. The van der Waals surface area contributed by atoms with Crippen molar-refractivity contribution in [2.45, 2.75) is 38.9 Å². The van der Waals surface area contributed by atoms with Crippen LogP contribution in [0.1, 0.15) is 38.1 Å². The molecule has 7 heteroatoms. The molecule has 1 aliphatic rings. The van der Waals surface area contributed by atoms with Crippen LogP contribution in [-0.4, -0.2) is 43.3 Å². The van der Waals surface area contributed by atoms with Crippen LogP contribution >= 0.6 is 0 Å². The van der Waals surface area contributed by atoms with Gasteiger partial charge in [0.1, 0.15) is 6.61 Å². The largest absolute Gasteiger partial charge is 0.494 e. The Morgan fingerprint density at radius 1 is 1.16 bits per heavy atom. The van der Waals surface area contributed by atoms with E-state index in [0.717, 1.165) is 11.5 Å². The van der Waals surface area contributed by atoms with Gasteiger partial charge in [0.25, 0.3) is 0 Å². The number of hydrogen-bond donors (Lipinski definition) is 1. The van der Waals surface area contributed by atoms with E-state index < -0.39 is 24.3 Å². The molecule has 1 heterocycles. The minimum Gasteiger partial charge on any atom is -0.460 e. The highest BCUT2D eigenvalue weighted by Crippen LogP contribution is 2.36. The third-order valence-corrected chi connectivity index (χ3v) is 4.49. The molecule has 0 radical (unpaired) electrons. The Morgan fingerprint density at radius 2 is 1.72 bits per heavy atom. The van der Waals surface area contributed by atoms with Crippen LogP contribution in [-0.2, 0) is 18.8 Å². The maximum absolute atomic E-state index is 12.0. The Kier molecular flexibility index (Phi) is 5.70. The summed E-state index contributed by atoms with van der Waals surface area (Å²) >= 11 is 0. The van der Waals surface area contributed by atoms with Crippen molar-refractivity contribution in [3.05, 3.63) is 42.5 Å². The molecular weight excluding hydrogens is 321 g/mol. The summed E-state index contributed by atoms with van der Waals surface area (Å²) in [7, 11) is -0.468. The van der Waals surface area contributed by atoms with E-state index in [2.05, 4.69) is 11.9 Å². The number of ether oxygens (including phenoxy) is 1. The Balaban J connectivity index is 1.91. The van der Waals surface area contributed by atoms with Gasteiger partial charge in [-0.05, 0) is 51.4 Å². The predicted molar refractivity (Wildman–Crippen MR) is 95.6 cm³/mol. The predicted octanol–water partition coefficient (Wildman–Crippen LogP) is 1.44. The molecule has 1 aromatic rings. The lowest BCUT2D eigenvalue weighted by Crippen LogP contribution is -2.41. The van der Waals surface area contributed by atoms with Crippen LogP contribution in [0.5, 0.6) is 0 Å². The molecule has 0 aliphatic carbocycles. The average molecular weight is 345 g/mol. The zero-order chi connectivity index (χ0) is 18.7. The molecule has 0 aromatic heterocycles. The van der Waals surface area contributed by atoms with Gasteiger partial charge in [-0.15, -0.1) is 0 Å². The van der Waals surface area contributed by atoms with Crippen molar-refractivity contribution in [1.82, 2.24) is 5.32 Å². The molecule has 0 saturated carbocycles. The minimum atomic E-state index is -0.468. The zero-order valence-electron chi connectivity index (χ0n) is 15.1. The minimum absolute atomic E-state index is 0.0946. The molecule has 0 atom stereocenters. The van der Waals surface area contributed by atoms with Crippen LogP contribution in [0.15, 0.2) is 36.9 Å². The summed E-state index contributed by atoms with van der Waals surface area (Å²) in [6.45, 7) is 11.6. The highest BCUT2D eigenvalue weighted by Gasteiger charge is 2.51. The van der Waals surface area contributed by atoms with Gasteiger partial charge in [0.05, 0.1) is 23.3 Å². The van der Waals surface area contributed by atoms with Crippen molar-refractivity contribution in [1.29, 1.82) is 0 Å². The number of hydrogen-bond acceptors (Lipinski definition) is 5. The van der Waals surface area contributed by atoms with Gasteiger partial charge in [0.15, 0.2) is 0 Å². The number of rotatable bonds is 6. The quantitative estimate of drug-likeness (QED) is 0.366. The third-order valence-electron chi connectivity index (χ3n) is 4.49. The topological polar surface area (TPSA) is 73.9 Å². The van der Waals surface area contributed by atoms with E-state index in [1.54, 1.807) is 24.3 Å². The van der Waals surface area contributed by atoms with Gasteiger partial charge in [-0.3, -0.25) is 4.79 Å². The van der Waals surface area contributed by atoms with Crippen LogP contribution in [0, 0.1) is 0 Å². The third kappa shape index (κ3) is 4.49. The van der Waals surface area contributed by atoms with Gasteiger partial charge < -0.3 is 19.4 Å². The second-order valence-electron chi connectivity index (χ2n) is 6.84. The van der Waals surface area contributed by atoms with Crippen LogP contribution in [0.4, 0.5) is 0 Å². The standard InChI is InChI=1S/C18H24BNO5/c1-6-15(21)20-11-12-23-16(22)13-7-9-14(10-8-13)19-24-17(2,3)18(4,5)25-19/h6-10H,1,11-12H2,2-5H3,(H,20,21). The molecule has 1 aliphatic heterocycles. The van der Waals surface area contributed by atoms with E-state index in [9.17, 15) is 9.59 Å². The maximum Gasteiger partial charge on any atom is 0.494 e. The molecule has 1 fully saturated rings. The van der Waals surface area contributed by atoms with Crippen LogP contribution in [0.2, 0.25) is 0 Å². The SMILES string of the molecule is C=CC(=O)NCCOC(=O)c1ccc(B2OC(C)(C)C(C)(C)O2)cc1.